The molecule has 0 N–H and O–H groups in total. The van der Waals surface area contributed by atoms with Crippen molar-refractivity contribution in [3.63, 3.8) is 0 Å². The van der Waals surface area contributed by atoms with Crippen LogP contribution in [0.2, 0.25) is 0 Å². The van der Waals surface area contributed by atoms with Crippen LogP contribution in [-0.2, 0) is 6.54 Å². The summed E-state index contributed by atoms with van der Waals surface area (Å²) in [6.45, 7) is 2.48. The van der Waals surface area contributed by atoms with Crippen LogP contribution in [0.5, 0.6) is 5.88 Å². The molecule has 28 heavy (non-hydrogen) atoms. The van der Waals surface area contributed by atoms with Crippen molar-refractivity contribution < 1.29 is 9.53 Å². The van der Waals surface area contributed by atoms with E-state index < -0.39 is 0 Å². The Labute approximate surface area is 164 Å². The number of aromatic nitrogens is 3. The van der Waals surface area contributed by atoms with Crippen molar-refractivity contribution in [1.82, 2.24) is 19.4 Å². The summed E-state index contributed by atoms with van der Waals surface area (Å²) in [5.74, 6) is 1.10. The normalized spacial score (nSPS) is 16.8. The molecule has 3 heterocycles. The van der Waals surface area contributed by atoms with E-state index in [1.165, 1.54) is 0 Å². The molecular formula is C22H24N4O2. The molecule has 1 saturated heterocycles. The molecule has 0 unspecified atom stereocenters. The highest BCUT2D eigenvalue weighted by molar-refractivity contribution is 5.95. The van der Waals surface area contributed by atoms with Gasteiger partial charge in [-0.2, -0.15) is 0 Å². The molecule has 6 heteroatoms. The van der Waals surface area contributed by atoms with Gasteiger partial charge in [-0.15, -0.1) is 0 Å². The largest absolute Gasteiger partial charge is 0.481 e. The van der Waals surface area contributed by atoms with E-state index in [1.54, 1.807) is 13.3 Å². The van der Waals surface area contributed by atoms with Gasteiger partial charge in [-0.25, -0.2) is 9.97 Å². The number of ether oxygens (including phenoxy) is 1. The van der Waals surface area contributed by atoms with Crippen LogP contribution in [0.15, 0.2) is 61.2 Å². The molecule has 1 aliphatic rings. The summed E-state index contributed by atoms with van der Waals surface area (Å²) in [4.78, 5) is 23.7. The highest BCUT2D eigenvalue weighted by atomic mass is 16.5. The van der Waals surface area contributed by atoms with Crippen LogP contribution in [0.1, 0.15) is 23.2 Å². The lowest BCUT2D eigenvalue weighted by Crippen LogP contribution is -2.41. The SMILES string of the molecule is COc1cccc(-c2cccc(C(=O)N3CCC[C@@H](Cn4ccnc4)C3)c2)n1. The quantitative estimate of drug-likeness (QED) is 0.684. The number of rotatable bonds is 5. The number of hydrogen-bond donors (Lipinski definition) is 0. The Morgan fingerprint density at radius 2 is 2.14 bits per heavy atom. The molecule has 0 aliphatic carbocycles. The van der Waals surface area contributed by atoms with Crippen LogP contribution in [0.4, 0.5) is 0 Å². The summed E-state index contributed by atoms with van der Waals surface area (Å²) in [6.07, 6.45) is 7.78. The number of carbonyl (C=O) groups excluding carboxylic acids is 1. The van der Waals surface area contributed by atoms with E-state index in [1.807, 2.05) is 59.9 Å². The molecule has 1 atom stereocenters. The van der Waals surface area contributed by atoms with E-state index in [9.17, 15) is 4.79 Å². The summed E-state index contributed by atoms with van der Waals surface area (Å²) in [7, 11) is 1.60. The first kappa shape index (κ1) is 18.2. The lowest BCUT2D eigenvalue weighted by atomic mass is 9.97. The van der Waals surface area contributed by atoms with Crippen molar-refractivity contribution in [1.29, 1.82) is 0 Å². The van der Waals surface area contributed by atoms with E-state index in [2.05, 4.69) is 14.5 Å². The second kappa shape index (κ2) is 8.25. The van der Waals surface area contributed by atoms with E-state index in [-0.39, 0.29) is 5.91 Å². The summed E-state index contributed by atoms with van der Waals surface area (Å²) < 4.78 is 7.30. The maximum atomic E-state index is 13.1. The van der Waals surface area contributed by atoms with Gasteiger partial charge in [-0.1, -0.05) is 18.2 Å². The maximum Gasteiger partial charge on any atom is 0.253 e. The molecule has 1 aromatic carbocycles. The minimum atomic E-state index is 0.0834. The Kier molecular flexibility index (Phi) is 5.37. The van der Waals surface area contributed by atoms with Crippen LogP contribution >= 0.6 is 0 Å². The van der Waals surface area contributed by atoms with Crippen molar-refractivity contribution in [2.75, 3.05) is 20.2 Å². The zero-order valence-corrected chi connectivity index (χ0v) is 16.0. The number of nitrogens with zero attached hydrogens (tertiary/aromatic N) is 4. The van der Waals surface area contributed by atoms with Gasteiger partial charge in [0.2, 0.25) is 5.88 Å². The van der Waals surface area contributed by atoms with Crippen LogP contribution in [0, 0.1) is 5.92 Å². The third-order valence-electron chi connectivity index (χ3n) is 5.17. The first-order valence-electron chi connectivity index (χ1n) is 9.59. The maximum absolute atomic E-state index is 13.1. The second-order valence-corrected chi connectivity index (χ2v) is 7.16. The summed E-state index contributed by atoms with van der Waals surface area (Å²) in [6, 6.07) is 13.3. The Balaban J connectivity index is 1.49. The number of amides is 1. The number of likely N-dealkylation sites (tertiary alicyclic amines) is 1. The van der Waals surface area contributed by atoms with Crippen molar-refractivity contribution in [3.05, 3.63) is 66.7 Å². The molecule has 1 amide bonds. The van der Waals surface area contributed by atoms with Crippen LogP contribution in [-0.4, -0.2) is 45.5 Å². The smallest absolute Gasteiger partial charge is 0.253 e. The molecule has 4 rings (SSSR count). The average molecular weight is 376 g/mol. The molecule has 2 aromatic heterocycles. The van der Waals surface area contributed by atoms with Crippen LogP contribution in [0.3, 0.4) is 0 Å². The molecule has 0 saturated carbocycles. The predicted molar refractivity (Wildman–Crippen MR) is 107 cm³/mol. The van der Waals surface area contributed by atoms with Gasteiger partial charge in [0.25, 0.3) is 5.91 Å². The van der Waals surface area contributed by atoms with Gasteiger partial charge >= 0.3 is 0 Å². The fraction of sp³-hybridized carbons (Fsp3) is 0.318. The Hall–Kier alpha value is -3.15. The molecule has 6 nitrogen and oxygen atoms in total. The number of hydrogen-bond acceptors (Lipinski definition) is 4. The molecule has 1 aliphatic heterocycles. The Bertz CT molecular complexity index is 939. The highest BCUT2D eigenvalue weighted by Crippen LogP contribution is 2.24. The number of methoxy groups -OCH3 is 1. The molecule has 3 aromatic rings. The number of benzene rings is 1. The molecule has 1 fully saturated rings. The van der Waals surface area contributed by atoms with Gasteiger partial charge < -0.3 is 14.2 Å². The lowest BCUT2D eigenvalue weighted by molar-refractivity contribution is 0.0662. The second-order valence-electron chi connectivity index (χ2n) is 7.16. The highest BCUT2D eigenvalue weighted by Gasteiger charge is 2.25. The first-order chi connectivity index (χ1) is 13.7. The zero-order chi connectivity index (χ0) is 19.3. The minimum Gasteiger partial charge on any atom is -0.481 e. The Morgan fingerprint density at radius 1 is 1.25 bits per heavy atom. The third-order valence-corrected chi connectivity index (χ3v) is 5.17. The molecule has 0 bridgehead atoms. The van der Waals surface area contributed by atoms with Gasteiger partial charge in [0.1, 0.15) is 0 Å². The topological polar surface area (TPSA) is 60.2 Å². The van der Waals surface area contributed by atoms with Crippen molar-refractivity contribution in [2.24, 2.45) is 5.92 Å². The van der Waals surface area contributed by atoms with Gasteiger partial charge in [0.15, 0.2) is 0 Å². The zero-order valence-electron chi connectivity index (χ0n) is 16.0. The van der Waals surface area contributed by atoms with Gasteiger partial charge in [-0.05, 0) is 37.0 Å². The average Bonchev–Trinajstić information content (AvgIpc) is 3.26. The Morgan fingerprint density at radius 3 is 2.96 bits per heavy atom. The molecule has 0 radical (unpaired) electrons. The number of pyridine rings is 1. The summed E-state index contributed by atoms with van der Waals surface area (Å²) in [5.41, 5.74) is 2.41. The molecular weight excluding hydrogens is 352 g/mol. The number of piperidine rings is 1. The van der Waals surface area contributed by atoms with E-state index in [0.717, 1.165) is 43.7 Å². The summed E-state index contributed by atoms with van der Waals surface area (Å²) >= 11 is 0. The van der Waals surface area contributed by atoms with Crippen molar-refractivity contribution in [2.45, 2.75) is 19.4 Å². The monoisotopic (exact) mass is 376 g/mol. The van der Waals surface area contributed by atoms with Crippen LogP contribution in [0.25, 0.3) is 11.3 Å². The number of carbonyl (C=O) groups is 1. The van der Waals surface area contributed by atoms with Crippen molar-refractivity contribution in [3.8, 4) is 17.1 Å². The fourth-order valence-electron chi connectivity index (χ4n) is 3.77. The lowest BCUT2D eigenvalue weighted by Gasteiger charge is -2.33. The molecule has 144 valence electrons. The minimum absolute atomic E-state index is 0.0834. The fourth-order valence-corrected chi connectivity index (χ4v) is 3.77. The van der Waals surface area contributed by atoms with Gasteiger partial charge in [0, 0.05) is 49.2 Å². The predicted octanol–water partition coefficient (Wildman–Crippen LogP) is 3.51. The number of imidazole rings is 1. The first-order valence-corrected chi connectivity index (χ1v) is 9.59. The van der Waals surface area contributed by atoms with E-state index in [0.29, 0.717) is 17.4 Å². The third kappa shape index (κ3) is 4.06. The van der Waals surface area contributed by atoms with E-state index in [4.69, 9.17) is 4.74 Å². The summed E-state index contributed by atoms with van der Waals surface area (Å²) in [5, 5.41) is 0. The van der Waals surface area contributed by atoms with E-state index >= 15 is 0 Å². The van der Waals surface area contributed by atoms with Gasteiger partial charge in [-0.3, -0.25) is 4.79 Å². The van der Waals surface area contributed by atoms with Crippen LogP contribution < -0.4 is 4.74 Å². The standard InChI is InChI=1S/C22H24N4O2/c1-28-21-9-3-8-20(24-21)18-6-2-7-19(13-18)22(27)26-11-4-5-17(15-26)14-25-12-10-23-16-25/h2-3,6-10,12-13,16-17H,4-5,11,14-15H2,1H3/t17-/m0/s1. The molecule has 0 spiro atoms. The van der Waals surface area contributed by atoms with Crippen molar-refractivity contribution >= 4 is 5.91 Å². The van der Waals surface area contributed by atoms with Gasteiger partial charge in [0.05, 0.1) is 19.1 Å².